The number of imidazole rings is 1. The lowest BCUT2D eigenvalue weighted by Crippen LogP contribution is -2.08. The number of nitrogens with zero attached hydrogens (tertiary/aromatic N) is 2. The monoisotopic (exact) mass is 410 g/mol. The lowest BCUT2D eigenvalue weighted by molar-refractivity contribution is 0.471. The van der Waals surface area contributed by atoms with Crippen LogP contribution in [0.25, 0.3) is 11.0 Å². The third-order valence-electron chi connectivity index (χ3n) is 6.24. The summed E-state index contributed by atoms with van der Waals surface area (Å²) in [4.78, 5) is 17.0. The standard InChI is InChI=1S/C24H30N2O2S/c1-14(2)20-12-21-18(11-23(27)28-22(21)10-15(20)3)13-29-24-25-16(4)17(5)26(24)19-8-6-7-9-19/h10-12,14,19H,6-9,13H2,1-5H3. The molecule has 0 spiro atoms. The fourth-order valence-corrected chi connectivity index (χ4v) is 5.72. The second kappa shape index (κ2) is 8.02. The molecule has 1 aromatic carbocycles. The molecule has 0 amide bonds. The third kappa shape index (κ3) is 3.89. The van der Waals surface area contributed by atoms with Crippen LogP contribution in [-0.2, 0) is 5.75 Å². The number of thioether (sulfide) groups is 1. The van der Waals surface area contributed by atoms with Gasteiger partial charge < -0.3 is 8.98 Å². The number of hydrogen-bond acceptors (Lipinski definition) is 4. The van der Waals surface area contributed by atoms with Gasteiger partial charge in [-0.05, 0) is 68.4 Å². The van der Waals surface area contributed by atoms with Crippen LogP contribution in [0.15, 0.2) is 32.6 Å². The lowest BCUT2D eigenvalue weighted by Gasteiger charge is -2.17. The minimum absolute atomic E-state index is 0.281. The van der Waals surface area contributed by atoms with Crippen LogP contribution in [0.1, 0.15) is 79.6 Å². The summed E-state index contributed by atoms with van der Waals surface area (Å²) in [5.74, 6) is 1.14. The number of fused-ring (bicyclic) bond motifs is 1. The van der Waals surface area contributed by atoms with Crippen LogP contribution in [0.4, 0.5) is 0 Å². The average Bonchev–Trinajstić information content (AvgIpc) is 3.27. The summed E-state index contributed by atoms with van der Waals surface area (Å²) in [6.45, 7) is 10.8. The summed E-state index contributed by atoms with van der Waals surface area (Å²) in [6.07, 6.45) is 5.07. The molecule has 1 aliphatic carbocycles. The molecule has 0 atom stereocenters. The van der Waals surface area contributed by atoms with E-state index in [4.69, 9.17) is 9.40 Å². The van der Waals surface area contributed by atoms with Gasteiger partial charge in [0.15, 0.2) is 5.16 Å². The number of rotatable bonds is 5. The molecule has 3 aromatic rings. The Morgan fingerprint density at radius 3 is 2.59 bits per heavy atom. The van der Waals surface area contributed by atoms with E-state index in [2.05, 4.69) is 45.3 Å². The van der Waals surface area contributed by atoms with Gasteiger partial charge in [-0.2, -0.15) is 0 Å². The van der Waals surface area contributed by atoms with Gasteiger partial charge in [0.25, 0.3) is 0 Å². The molecule has 5 heteroatoms. The molecule has 0 N–H and O–H groups in total. The van der Waals surface area contributed by atoms with Crippen molar-refractivity contribution in [3.63, 3.8) is 0 Å². The van der Waals surface area contributed by atoms with Gasteiger partial charge in [0.05, 0.1) is 5.69 Å². The van der Waals surface area contributed by atoms with Crippen molar-refractivity contribution in [2.45, 2.75) is 83.2 Å². The number of aryl methyl sites for hydroxylation is 2. The Morgan fingerprint density at radius 2 is 1.90 bits per heavy atom. The first-order valence-corrected chi connectivity index (χ1v) is 11.6. The predicted octanol–water partition coefficient (Wildman–Crippen LogP) is 6.45. The maximum atomic E-state index is 12.2. The van der Waals surface area contributed by atoms with Crippen molar-refractivity contribution in [3.8, 4) is 0 Å². The van der Waals surface area contributed by atoms with E-state index in [0.717, 1.165) is 21.8 Å². The number of hydrogen-bond donors (Lipinski definition) is 0. The zero-order valence-corrected chi connectivity index (χ0v) is 18.9. The van der Waals surface area contributed by atoms with E-state index in [0.29, 0.717) is 23.3 Å². The maximum Gasteiger partial charge on any atom is 0.336 e. The molecule has 2 aromatic heterocycles. The fourth-order valence-electron chi connectivity index (χ4n) is 4.57. The Hall–Kier alpha value is -2.01. The molecule has 0 aliphatic heterocycles. The topological polar surface area (TPSA) is 48.0 Å². The quantitative estimate of drug-likeness (QED) is 0.358. The molecule has 0 radical (unpaired) electrons. The molecule has 0 saturated heterocycles. The zero-order chi connectivity index (χ0) is 20.7. The van der Waals surface area contributed by atoms with Gasteiger partial charge in [-0.15, -0.1) is 0 Å². The predicted molar refractivity (Wildman–Crippen MR) is 120 cm³/mol. The van der Waals surface area contributed by atoms with E-state index in [1.165, 1.54) is 42.5 Å². The van der Waals surface area contributed by atoms with Crippen molar-refractivity contribution in [1.29, 1.82) is 0 Å². The summed E-state index contributed by atoms with van der Waals surface area (Å²) in [6, 6.07) is 6.42. The van der Waals surface area contributed by atoms with Gasteiger partial charge in [0.2, 0.25) is 0 Å². The highest BCUT2D eigenvalue weighted by atomic mass is 32.2. The molecule has 29 heavy (non-hydrogen) atoms. The van der Waals surface area contributed by atoms with Gasteiger partial charge in [0, 0.05) is 28.9 Å². The molecule has 1 saturated carbocycles. The van der Waals surface area contributed by atoms with Crippen molar-refractivity contribution in [3.05, 3.63) is 56.7 Å². The van der Waals surface area contributed by atoms with Gasteiger partial charge in [-0.1, -0.05) is 38.5 Å². The highest BCUT2D eigenvalue weighted by molar-refractivity contribution is 7.98. The van der Waals surface area contributed by atoms with E-state index in [-0.39, 0.29) is 5.63 Å². The smallest absolute Gasteiger partial charge is 0.336 e. The minimum Gasteiger partial charge on any atom is -0.423 e. The fraction of sp³-hybridized carbons (Fsp3) is 0.500. The van der Waals surface area contributed by atoms with Crippen molar-refractivity contribution in [1.82, 2.24) is 9.55 Å². The molecule has 0 unspecified atom stereocenters. The lowest BCUT2D eigenvalue weighted by atomic mass is 9.95. The summed E-state index contributed by atoms with van der Waals surface area (Å²) in [5.41, 5.74) is 6.28. The molecular weight excluding hydrogens is 380 g/mol. The van der Waals surface area contributed by atoms with E-state index in [1.807, 2.05) is 6.07 Å². The molecule has 1 fully saturated rings. The van der Waals surface area contributed by atoms with Crippen LogP contribution in [0, 0.1) is 20.8 Å². The highest BCUT2D eigenvalue weighted by Gasteiger charge is 2.23. The van der Waals surface area contributed by atoms with Crippen LogP contribution < -0.4 is 5.63 Å². The van der Waals surface area contributed by atoms with Gasteiger partial charge in [0.1, 0.15) is 5.58 Å². The molecular formula is C24H30N2O2S. The van der Waals surface area contributed by atoms with E-state index in [9.17, 15) is 4.79 Å². The van der Waals surface area contributed by atoms with Crippen LogP contribution in [0.2, 0.25) is 0 Å². The summed E-state index contributed by atoms with van der Waals surface area (Å²) in [7, 11) is 0. The number of benzene rings is 1. The first-order chi connectivity index (χ1) is 13.8. The second-order valence-corrected chi connectivity index (χ2v) is 9.55. The van der Waals surface area contributed by atoms with Crippen molar-refractivity contribution in [2.24, 2.45) is 0 Å². The van der Waals surface area contributed by atoms with Crippen LogP contribution in [0.5, 0.6) is 0 Å². The Balaban J connectivity index is 1.71. The van der Waals surface area contributed by atoms with Crippen LogP contribution in [0.3, 0.4) is 0 Å². The summed E-state index contributed by atoms with van der Waals surface area (Å²) < 4.78 is 7.95. The van der Waals surface area contributed by atoms with Crippen molar-refractivity contribution >= 4 is 22.7 Å². The van der Waals surface area contributed by atoms with E-state index >= 15 is 0 Å². The maximum absolute atomic E-state index is 12.2. The Kier molecular flexibility index (Phi) is 5.60. The summed E-state index contributed by atoms with van der Waals surface area (Å²) >= 11 is 1.74. The Bertz CT molecular complexity index is 1100. The normalized spacial score (nSPS) is 15.1. The van der Waals surface area contributed by atoms with E-state index < -0.39 is 0 Å². The molecule has 2 heterocycles. The third-order valence-corrected chi connectivity index (χ3v) is 7.24. The first-order valence-electron chi connectivity index (χ1n) is 10.6. The van der Waals surface area contributed by atoms with Gasteiger partial charge in [-0.3, -0.25) is 0 Å². The molecule has 0 bridgehead atoms. The zero-order valence-electron chi connectivity index (χ0n) is 18.0. The van der Waals surface area contributed by atoms with E-state index in [1.54, 1.807) is 17.8 Å². The summed E-state index contributed by atoms with van der Waals surface area (Å²) in [5, 5.41) is 2.11. The molecule has 4 nitrogen and oxygen atoms in total. The minimum atomic E-state index is -0.281. The molecule has 154 valence electrons. The van der Waals surface area contributed by atoms with Crippen molar-refractivity contribution in [2.75, 3.05) is 0 Å². The van der Waals surface area contributed by atoms with Gasteiger partial charge >= 0.3 is 5.63 Å². The SMILES string of the molecule is Cc1cc2oc(=O)cc(CSc3nc(C)c(C)n3C3CCCC3)c2cc1C(C)C. The number of aromatic nitrogens is 2. The van der Waals surface area contributed by atoms with Crippen LogP contribution in [-0.4, -0.2) is 9.55 Å². The average molecular weight is 411 g/mol. The van der Waals surface area contributed by atoms with Crippen molar-refractivity contribution < 1.29 is 4.42 Å². The second-order valence-electron chi connectivity index (χ2n) is 8.61. The highest BCUT2D eigenvalue weighted by Crippen LogP contribution is 2.37. The Labute approximate surface area is 176 Å². The molecule has 1 aliphatic rings. The van der Waals surface area contributed by atoms with Gasteiger partial charge in [-0.25, -0.2) is 9.78 Å². The first kappa shape index (κ1) is 20.3. The molecule has 4 rings (SSSR count). The Morgan fingerprint density at radius 1 is 1.17 bits per heavy atom. The van der Waals surface area contributed by atoms with Crippen LogP contribution >= 0.6 is 11.8 Å². The largest absolute Gasteiger partial charge is 0.423 e.